The fraction of sp³-hybridized carbons (Fsp3) is 0.500. The van der Waals surface area contributed by atoms with Crippen molar-refractivity contribution in [1.82, 2.24) is 20.2 Å². The summed E-state index contributed by atoms with van der Waals surface area (Å²) in [5.74, 6) is 2.12. The maximum absolute atomic E-state index is 5.70. The summed E-state index contributed by atoms with van der Waals surface area (Å²) in [5, 5.41) is 14.7. The standard InChI is InChI=1S/C14H21N5O2/c1-5-19-14(16-17-18-19)15-9-11-6-7-12(21-10(2)3)13(8-11)20-4/h6-8,10H,5,9H2,1-4H3,(H,15,16,18). The van der Waals surface area contributed by atoms with E-state index in [2.05, 4.69) is 20.8 Å². The second kappa shape index (κ2) is 6.92. The summed E-state index contributed by atoms with van der Waals surface area (Å²) in [5.41, 5.74) is 1.06. The number of nitrogens with zero attached hydrogens (tertiary/aromatic N) is 4. The Hall–Kier alpha value is -2.31. The van der Waals surface area contributed by atoms with E-state index in [1.807, 2.05) is 39.0 Å². The van der Waals surface area contributed by atoms with Gasteiger partial charge in [0.2, 0.25) is 5.95 Å². The van der Waals surface area contributed by atoms with Gasteiger partial charge >= 0.3 is 0 Å². The second-order valence-corrected chi connectivity index (χ2v) is 4.82. The van der Waals surface area contributed by atoms with Crippen molar-refractivity contribution in [2.45, 2.75) is 40.0 Å². The molecule has 0 fully saturated rings. The molecule has 7 nitrogen and oxygen atoms in total. The van der Waals surface area contributed by atoms with Gasteiger partial charge in [0.1, 0.15) is 0 Å². The van der Waals surface area contributed by atoms with E-state index in [0.717, 1.165) is 23.6 Å². The number of hydrogen-bond donors (Lipinski definition) is 1. The molecule has 0 bridgehead atoms. The van der Waals surface area contributed by atoms with Gasteiger partial charge in [0.05, 0.1) is 13.2 Å². The summed E-state index contributed by atoms with van der Waals surface area (Å²) >= 11 is 0. The quantitative estimate of drug-likeness (QED) is 0.842. The highest BCUT2D eigenvalue weighted by molar-refractivity contribution is 5.44. The van der Waals surface area contributed by atoms with E-state index in [9.17, 15) is 0 Å². The van der Waals surface area contributed by atoms with Crippen molar-refractivity contribution < 1.29 is 9.47 Å². The largest absolute Gasteiger partial charge is 0.493 e. The lowest BCUT2D eigenvalue weighted by molar-refractivity contribution is 0.230. The van der Waals surface area contributed by atoms with Crippen molar-refractivity contribution >= 4 is 5.95 Å². The van der Waals surface area contributed by atoms with Crippen LogP contribution in [0.2, 0.25) is 0 Å². The molecule has 21 heavy (non-hydrogen) atoms. The first-order valence-electron chi connectivity index (χ1n) is 6.97. The predicted octanol–water partition coefficient (Wildman–Crippen LogP) is 2.10. The number of benzene rings is 1. The average molecular weight is 291 g/mol. The monoisotopic (exact) mass is 291 g/mol. The van der Waals surface area contributed by atoms with Crippen LogP contribution in [0.15, 0.2) is 18.2 Å². The number of aryl methyl sites for hydroxylation is 1. The molecule has 1 aromatic carbocycles. The first kappa shape index (κ1) is 15.1. The van der Waals surface area contributed by atoms with Gasteiger partial charge in [0.15, 0.2) is 11.5 Å². The Morgan fingerprint density at radius 2 is 2.10 bits per heavy atom. The van der Waals surface area contributed by atoms with Gasteiger partial charge in [-0.25, -0.2) is 4.68 Å². The number of anilines is 1. The smallest absolute Gasteiger partial charge is 0.243 e. The molecule has 1 heterocycles. The van der Waals surface area contributed by atoms with Gasteiger partial charge < -0.3 is 14.8 Å². The van der Waals surface area contributed by atoms with Crippen molar-refractivity contribution in [1.29, 1.82) is 0 Å². The highest BCUT2D eigenvalue weighted by Gasteiger charge is 2.09. The fourth-order valence-corrected chi connectivity index (χ4v) is 1.90. The molecule has 2 rings (SSSR count). The Labute approximate surface area is 124 Å². The Bertz CT molecular complexity index is 582. The van der Waals surface area contributed by atoms with Crippen molar-refractivity contribution in [3.8, 4) is 11.5 Å². The van der Waals surface area contributed by atoms with Crippen molar-refractivity contribution in [2.24, 2.45) is 0 Å². The third-order valence-electron chi connectivity index (χ3n) is 2.87. The molecule has 0 atom stereocenters. The molecule has 0 amide bonds. The molecule has 0 aliphatic carbocycles. The number of ether oxygens (including phenoxy) is 2. The van der Waals surface area contributed by atoms with E-state index >= 15 is 0 Å². The van der Waals surface area contributed by atoms with Gasteiger partial charge in [0.25, 0.3) is 0 Å². The molecule has 0 radical (unpaired) electrons. The number of rotatable bonds is 7. The zero-order valence-corrected chi connectivity index (χ0v) is 12.8. The summed E-state index contributed by atoms with van der Waals surface area (Å²) in [6, 6.07) is 5.86. The van der Waals surface area contributed by atoms with Crippen LogP contribution < -0.4 is 14.8 Å². The van der Waals surface area contributed by atoms with E-state index in [0.29, 0.717) is 12.5 Å². The first-order valence-corrected chi connectivity index (χ1v) is 6.97. The fourth-order valence-electron chi connectivity index (χ4n) is 1.90. The average Bonchev–Trinajstić information content (AvgIpc) is 2.93. The predicted molar refractivity (Wildman–Crippen MR) is 79.6 cm³/mol. The van der Waals surface area contributed by atoms with Crippen LogP contribution in [0.5, 0.6) is 11.5 Å². The van der Waals surface area contributed by atoms with Crippen LogP contribution in [0.3, 0.4) is 0 Å². The Morgan fingerprint density at radius 1 is 1.29 bits per heavy atom. The molecule has 0 spiro atoms. The topological polar surface area (TPSA) is 74.1 Å². The maximum atomic E-state index is 5.70. The van der Waals surface area contributed by atoms with Crippen LogP contribution in [0, 0.1) is 0 Å². The molecule has 1 N–H and O–H groups in total. The SMILES string of the molecule is CCn1nnnc1NCc1ccc(OC(C)C)c(OC)c1. The maximum Gasteiger partial charge on any atom is 0.243 e. The highest BCUT2D eigenvalue weighted by Crippen LogP contribution is 2.29. The highest BCUT2D eigenvalue weighted by atomic mass is 16.5. The summed E-state index contributed by atoms with van der Waals surface area (Å²) in [6.07, 6.45) is 0.108. The molecule has 2 aromatic rings. The number of methoxy groups -OCH3 is 1. The van der Waals surface area contributed by atoms with Crippen molar-refractivity contribution in [2.75, 3.05) is 12.4 Å². The van der Waals surface area contributed by atoms with Crippen LogP contribution in [-0.4, -0.2) is 33.4 Å². The first-order chi connectivity index (χ1) is 10.1. The lowest BCUT2D eigenvalue weighted by Gasteiger charge is -2.14. The minimum absolute atomic E-state index is 0.108. The summed E-state index contributed by atoms with van der Waals surface area (Å²) in [7, 11) is 1.64. The zero-order valence-electron chi connectivity index (χ0n) is 12.8. The summed E-state index contributed by atoms with van der Waals surface area (Å²) in [4.78, 5) is 0. The van der Waals surface area contributed by atoms with Gasteiger partial charge in [-0.15, -0.1) is 0 Å². The van der Waals surface area contributed by atoms with Gasteiger partial charge in [-0.2, -0.15) is 0 Å². The molecule has 0 aliphatic rings. The van der Waals surface area contributed by atoms with Crippen LogP contribution >= 0.6 is 0 Å². The van der Waals surface area contributed by atoms with Crippen molar-refractivity contribution in [3.05, 3.63) is 23.8 Å². The lowest BCUT2D eigenvalue weighted by Crippen LogP contribution is -2.09. The molecule has 0 saturated carbocycles. The molecular formula is C14H21N5O2. The molecule has 0 unspecified atom stereocenters. The van der Waals surface area contributed by atoms with Crippen molar-refractivity contribution in [3.63, 3.8) is 0 Å². The second-order valence-electron chi connectivity index (χ2n) is 4.82. The van der Waals surface area contributed by atoms with Crippen LogP contribution in [0.1, 0.15) is 26.3 Å². The van der Waals surface area contributed by atoms with Gasteiger partial charge in [-0.1, -0.05) is 11.2 Å². The molecule has 1 aromatic heterocycles. The van der Waals surface area contributed by atoms with E-state index in [4.69, 9.17) is 9.47 Å². The number of nitrogens with one attached hydrogen (secondary N) is 1. The third-order valence-corrected chi connectivity index (χ3v) is 2.87. The lowest BCUT2D eigenvalue weighted by atomic mass is 10.2. The van der Waals surface area contributed by atoms with Gasteiger partial charge in [0, 0.05) is 13.1 Å². The van der Waals surface area contributed by atoms with E-state index in [-0.39, 0.29) is 6.10 Å². The number of aromatic nitrogens is 4. The number of hydrogen-bond acceptors (Lipinski definition) is 6. The van der Waals surface area contributed by atoms with Crippen LogP contribution in [-0.2, 0) is 13.1 Å². The van der Waals surface area contributed by atoms with Gasteiger partial charge in [-0.3, -0.25) is 0 Å². The molecular weight excluding hydrogens is 270 g/mol. The number of tetrazole rings is 1. The molecule has 0 aliphatic heterocycles. The van der Waals surface area contributed by atoms with E-state index in [1.54, 1.807) is 11.8 Å². The van der Waals surface area contributed by atoms with Gasteiger partial charge in [-0.05, 0) is 48.9 Å². The molecule has 7 heteroatoms. The van der Waals surface area contributed by atoms with Crippen LogP contribution in [0.25, 0.3) is 0 Å². The van der Waals surface area contributed by atoms with Crippen LogP contribution in [0.4, 0.5) is 5.95 Å². The third kappa shape index (κ3) is 3.84. The Kier molecular flexibility index (Phi) is 4.97. The molecule has 0 saturated heterocycles. The minimum Gasteiger partial charge on any atom is -0.493 e. The summed E-state index contributed by atoms with van der Waals surface area (Å²) in [6.45, 7) is 7.29. The van der Waals surface area contributed by atoms with E-state index in [1.165, 1.54) is 0 Å². The normalized spacial score (nSPS) is 10.7. The molecule has 114 valence electrons. The Morgan fingerprint density at radius 3 is 2.76 bits per heavy atom. The Balaban J connectivity index is 2.07. The minimum atomic E-state index is 0.108. The summed E-state index contributed by atoms with van der Waals surface area (Å²) < 4.78 is 12.8. The van der Waals surface area contributed by atoms with E-state index < -0.39 is 0 Å². The zero-order chi connectivity index (χ0) is 15.2.